The van der Waals surface area contributed by atoms with Crippen LogP contribution >= 0.6 is 0 Å². The number of piperazine rings is 1. The number of halogens is 1. The molecular formula is C33H35FN4O6S. The number of carbonyl (C=O) groups is 2. The van der Waals surface area contributed by atoms with Crippen molar-refractivity contribution in [2.75, 3.05) is 31.1 Å². The molecule has 12 heteroatoms. The molecule has 1 aliphatic rings. The van der Waals surface area contributed by atoms with E-state index in [9.17, 15) is 27.5 Å². The molecule has 0 spiro atoms. The molecule has 0 radical (unpaired) electrons. The molecule has 10 nitrogen and oxygen atoms in total. The van der Waals surface area contributed by atoms with E-state index in [0.717, 1.165) is 11.8 Å². The Morgan fingerprint density at radius 2 is 1.69 bits per heavy atom. The van der Waals surface area contributed by atoms with Crippen molar-refractivity contribution >= 4 is 38.3 Å². The van der Waals surface area contributed by atoms with Gasteiger partial charge in [-0.05, 0) is 74.2 Å². The number of phenols is 1. The van der Waals surface area contributed by atoms with Crippen molar-refractivity contribution in [2.45, 2.75) is 48.8 Å². The average molecular weight is 635 g/mol. The SMILES string of the molecule is CC(C)(C)OC(=O)NC(Cc1ccc(O)cc1S(=O)(=O)c1nccc2ccccc12)C(=O)N1CCN(c2ccc(F)cc2)CC1. The number of carbonyl (C=O) groups excluding carboxylic acids is 2. The number of aromatic hydroxyl groups is 1. The minimum Gasteiger partial charge on any atom is -0.508 e. The van der Waals surface area contributed by atoms with E-state index in [1.807, 2.05) is 4.90 Å². The fraction of sp³-hybridized carbons (Fsp3) is 0.303. The average Bonchev–Trinajstić information content (AvgIpc) is 3.00. The van der Waals surface area contributed by atoms with Crippen LogP contribution in [0.3, 0.4) is 0 Å². The number of aromatic nitrogens is 1. The number of amides is 2. The summed E-state index contributed by atoms with van der Waals surface area (Å²) in [6.07, 6.45) is 0.375. The molecule has 236 valence electrons. The van der Waals surface area contributed by atoms with E-state index in [-0.39, 0.29) is 33.5 Å². The first-order valence-electron chi connectivity index (χ1n) is 14.5. The first kappa shape index (κ1) is 31.7. The topological polar surface area (TPSA) is 129 Å². The highest BCUT2D eigenvalue weighted by atomic mass is 32.2. The molecule has 2 heterocycles. The number of rotatable bonds is 7. The Bertz CT molecular complexity index is 1810. The summed E-state index contributed by atoms with van der Waals surface area (Å²) in [6, 6.07) is 17.4. The summed E-state index contributed by atoms with van der Waals surface area (Å²) in [4.78, 5) is 34.4. The van der Waals surface area contributed by atoms with Gasteiger partial charge in [-0.3, -0.25) is 4.79 Å². The lowest BCUT2D eigenvalue weighted by Gasteiger charge is -2.37. The van der Waals surface area contributed by atoms with Crippen molar-refractivity contribution in [3.05, 3.63) is 90.4 Å². The van der Waals surface area contributed by atoms with Gasteiger partial charge in [0.25, 0.3) is 0 Å². The summed E-state index contributed by atoms with van der Waals surface area (Å²) in [5, 5.41) is 13.9. The van der Waals surface area contributed by atoms with Gasteiger partial charge in [0.1, 0.15) is 23.2 Å². The Morgan fingerprint density at radius 1 is 1.00 bits per heavy atom. The number of nitrogens with zero attached hydrogens (tertiary/aromatic N) is 3. The molecule has 1 fully saturated rings. The first-order chi connectivity index (χ1) is 21.3. The second-order valence-electron chi connectivity index (χ2n) is 11.8. The molecule has 0 bridgehead atoms. The number of alkyl carbamates (subject to hydrolysis) is 1. The summed E-state index contributed by atoms with van der Waals surface area (Å²) in [7, 11) is -4.29. The normalized spacial score (nSPS) is 14.7. The van der Waals surface area contributed by atoms with E-state index in [1.54, 1.807) is 68.1 Å². The summed E-state index contributed by atoms with van der Waals surface area (Å²) in [5.41, 5.74) is 0.195. The van der Waals surface area contributed by atoms with Gasteiger partial charge in [-0.25, -0.2) is 22.6 Å². The first-order valence-corrected chi connectivity index (χ1v) is 16.0. The lowest BCUT2D eigenvalue weighted by atomic mass is 10.0. The number of anilines is 1. The molecule has 1 aliphatic heterocycles. The minimum atomic E-state index is -4.29. The molecule has 0 aliphatic carbocycles. The predicted octanol–water partition coefficient (Wildman–Crippen LogP) is 4.70. The van der Waals surface area contributed by atoms with Crippen molar-refractivity contribution in [3.63, 3.8) is 0 Å². The maximum absolute atomic E-state index is 14.1. The lowest BCUT2D eigenvalue weighted by molar-refractivity contribution is -0.133. The number of fused-ring (bicyclic) bond motifs is 1. The van der Waals surface area contributed by atoms with Crippen LogP contribution in [0.4, 0.5) is 14.9 Å². The van der Waals surface area contributed by atoms with E-state index in [0.29, 0.717) is 37.0 Å². The van der Waals surface area contributed by atoms with Crippen LogP contribution < -0.4 is 10.2 Å². The highest BCUT2D eigenvalue weighted by Crippen LogP contribution is 2.31. The summed E-state index contributed by atoms with van der Waals surface area (Å²) < 4.78 is 47.0. The molecule has 45 heavy (non-hydrogen) atoms. The van der Waals surface area contributed by atoms with Crippen molar-refractivity contribution < 1.29 is 32.2 Å². The van der Waals surface area contributed by atoms with Crippen LogP contribution in [-0.2, 0) is 25.8 Å². The molecule has 1 saturated heterocycles. The van der Waals surface area contributed by atoms with Gasteiger partial charge in [-0.2, -0.15) is 0 Å². The molecule has 1 atom stereocenters. The van der Waals surface area contributed by atoms with Gasteiger partial charge in [0.2, 0.25) is 15.7 Å². The van der Waals surface area contributed by atoms with E-state index >= 15 is 0 Å². The number of benzene rings is 3. The quantitative estimate of drug-likeness (QED) is 0.300. The fourth-order valence-electron chi connectivity index (χ4n) is 5.30. The zero-order valence-corrected chi connectivity index (χ0v) is 26.1. The number of sulfone groups is 1. The van der Waals surface area contributed by atoms with E-state index < -0.39 is 33.5 Å². The van der Waals surface area contributed by atoms with Crippen LogP contribution in [0.15, 0.2) is 88.9 Å². The Kier molecular flexibility index (Phi) is 8.96. The fourth-order valence-corrected chi connectivity index (χ4v) is 6.96. The maximum atomic E-state index is 14.1. The zero-order chi connectivity index (χ0) is 32.4. The molecule has 1 unspecified atom stereocenters. The smallest absolute Gasteiger partial charge is 0.408 e. The van der Waals surface area contributed by atoms with Crippen molar-refractivity contribution in [1.82, 2.24) is 15.2 Å². The highest BCUT2D eigenvalue weighted by molar-refractivity contribution is 7.91. The number of hydrogen-bond acceptors (Lipinski definition) is 8. The predicted molar refractivity (Wildman–Crippen MR) is 167 cm³/mol. The van der Waals surface area contributed by atoms with Crippen molar-refractivity contribution in [2.24, 2.45) is 0 Å². The lowest BCUT2D eigenvalue weighted by Crippen LogP contribution is -2.56. The second-order valence-corrected chi connectivity index (χ2v) is 13.7. The molecule has 4 aromatic rings. The third-order valence-electron chi connectivity index (χ3n) is 7.43. The Hall–Kier alpha value is -4.71. The van der Waals surface area contributed by atoms with Gasteiger partial charge >= 0.3 is 6.09 Å². The molecule has 5 rings (SSSR count). The van der Waals surface area contributed by atoms with Crippen molar-refractivity contribution in [3.8, 4) is 5.75 Å². The summed E-state index contributed by atoms with van der Waals surface area (Å²) in [5.74, 6) is -1.03. The second kappa shape index (κ2) is 12.7. The van der Waals surface area contributed by atoms with Gasteiger partial charge in [0, 0.05) is 49.9 Å². The van der Waals surface area contributed by atoms with Crippen LogP contribution in [0.25, 0.3) is 10.8 Å². The Morgan fingerprint density at radius 3 is 2.38 bits per heavy atom. The van der Waals surface area contributed by atoms with Crippen LogP contribution in [0.5, 0.6) is 5.75 Å². The van der Waals surface area contributed by atoms with Gasteiger partial charge < -0.3 is 25.0 Å². The third-order valence-corrected chi connectivity index (χ3v) is 9.22. The monoisotopic (exact) mass is 634 g/mol. The number of pyridine rings is 1. The number of phenolic OH excluding ortho intramolecular Hbond substituents is 1. The number of ether oxygens (including phenoxy) is 1. The molecular weight excluding hydrogens is 599 g/mol. The van der Waals surface area contributed by atoms with Gasteiger partial charge in [0.15, 0.2) is 5.03 Å². The van der Waals surface area contributed by atoms with E-state index in [1.165, 1.54) is 30.5 Å². The summed E-state index contributed by atoms with van der Waals surface area (Å²) in [6.45, 7) is 6.68. The highest BCUT2D eigenvalue weighted by Gasteiger charge is 2.33. The van der Waals surface area contributed by atoms with Crippen LogP contribution in [0.1, 0.15) is 26.3 Å². The summed E-state index contributed by atoms with van der Waals surface area (Å²) >= 11 is 0. The number of hydrogen-bond donors (Lipinski definition) is 2. The Balaban J connectivity index is 1.45. The largest absolute Gasteiger partial charge is 0.508 e. The molecule has 1 aromatic heterocycles. The maximum Gasteiger partial charge on any atom is 0.408 e. The van der Waals surface area contributed by atoms with Crippen LogP contribution in [-0.4, -0.2) is 73.2 Å². The third kappa shape index (κ3) is 7.34. The van der Waals surface area contributed by atoms with Gasteiger partial charge in [0.05, 0.1) is 4.90 Å². The van der Waals surface area contributed by atoms with E-state index in [4.69, 9.17) is 4.74 Å². The molecule has 2 N–H and O–H groups in total. The zero-order valence-electron chi connectivity index (χ0n) is 25.2. The van der Waals surface area contributed by atoms with Gasteiger partial charge in [-0.1, -0.05) is 30.3 Å². The Labute approximate surface area is 261 Å². The van der Waals surface area contributed by atoms with E-state index in [2.05, 4.69) is 10.3 Å². The minimum absolute atomic E-state index is 0.188. The van der Waals surface area contributed by atoms with Crippen LogP contribution in [0, 0.1) is 5.82 Å². The molecule has 3 aromatic carbocycles. The molecule has 2 amide bonds. The number of nitrogens with one attached hydrogen (secondary N) is 1. The standard InChI is InChI=1S/C33H35FN4O6S/c1-33(2,3)44-32(41)36-28(31(40)38-18-16-37(17-19-38)25-11-9-24(34)10-12-25)20-23-8-13-26(39)21-29(23)45(42,43)30-27-7-5-4-6-22(27)14-15-35-30/h4-15,21,28,39H,16-20H2,1-3H3,(H,36,41). The van der Waals surface area contributed by atoms with Gasteiger partial charge in [-0.15, -0.1) is 0 Å². The molecule has 0 saturated carbocycles. The van der Waals surface area contributed by atoms with Crippen molar-refractivity contribution in [1.29, 1.82) is 0 Å². The van der Waals surface area contributed by atoms with Crippen LogP contribution in [0.2, 0.25) is 0 Å².